The topological polar surface area (TPSA) is 103 Å². The van der Waals surface area contributed by atoms with Crippen LogP contribution in [-0.4, -0.2) is 36.7 Å². The minimum absolute atomic E-state index is 0.0549. The number of carbonyl (C=O) groups is 3. The van der Waals surface area contributed by atoms with Crippen LogP contribution in [0.2, 0.25) is 0 Å². The number of amides is 2. The van der Waals surface area contributed by atoms with Gasteiger partial charge in [-0.3, -0.25) is 14.4 Å². The molecule has 0 saturated heterocycles. The SMILES string of the molecule is O=C(COC(=O)CNC(=O)c1ccc(C(F)(F)F)cc1)Nc1ccc2c(c1)OC1(CCCC1)O2. The van der Waals surface area contributed by atoms with Crippen LogP contribution < -0.4 is 20.1 Å². The first-order chi connectivity index (χ1) is 16.1. The Morgan fingerprint density at radius 3 is 2.32 bits per heavy atom. The highest BCUT2D eigenvalue weighted by Gasteiger charge is 2.44. The second-order valence-electron chi connectivity index (χ2n) is 7.95. The molecule has 2 aromatic carbocycles. The summed E-state index contributed by atoms with van der Waals surface area (Å²) in [5.41, 5.74) is -0.509. The van der Waals surface area contributed by atoms with Gasteiger partial charge < -0.3 is 24.8 Å². The molecule has 1 aliphatic heterocycles. The first-order valence-corrected chi connectivity index (χ1v) is 10.6. The van der Waals surface area contributed by atoms with Crippen molar-refractivity contribution in [3.8, 4) is 11.5 Å². The number of anilines is 1. The van der Waals surface area contributed by atoms with Crippen LogP contribution in [0.5, 0.6) is 11.5 Å². The van der Waals surface area contributed by atoms with Crippen molar-refractivity contribution in [2.24, 2.45) is 0 Å². The molecule has 180 valence electrons. The van der Waals surface area contributed by atoms with Crippen LogP contribution in [-0.2, 0) is 20.5 Å². The van der Waals surface area contributed by atoms with Crippen molar-refractivity contribution in [3.05, 3.63) is 53.6 Å². The average Bonchev–Trinajstić information content (AvgIpc) is 3.40. The molecule has 1 aliphatic carbocycles. The Hall–Kier alpha value is -3.76. The molecule has 0 aromatic heterocycles. The lowest BCUT2D eigenvalue weighted by molar-refractivity contribution is -0.146. The fourth-order valence-corrected chi connectivity index (χ4v) is 3.75. The highest BCUT2D eigenvalue weighted by Crippen LogP contribution is 2.47. The molecule has 1 saturated carbocycles. The van der Waals surface area contributed by atoms with Crippen molar-refractivity contribution in [2.75, 3.05) is 18.5 Å². The summed E-state index contributed by atoms with van der Waals surface area (Å²) in [6.45, 7) is -1.15. The van der Waals surface area contributed by atoms with Crippen LogP contribution >= 0.6 is 0 Å². The summed E-state index contributed by atoms with van der Waals surface area (Å²) >= 11 is 0. The number of nitrogens with one attached hydrogen (secondary N) is 2. The lowest BCUT2D eigenvalue weighted by Crippen LogP contribution is -2.34. The van der Waals surface area contributed by atoms with Crippen molar-refractivity contribution in [2.45, 2.75) is 37.6 Å². The second-order valence-corrected chi connectivity index (χ2v) is 7.95. The normalized spacial score (nSPS) is 15.7. The van der Waals surface area contributed by atoms with Crippen molar-refractivity contribution in [1.29, 1.82) is 0 Å². The van der Waals surface area contributed by atoms with Gasteiger partial charge in [-0.25, -0.2) is 0 Å². The number of halogens is 3. The van der Waals surface area contributed by atoms with Gasteiger partial charge in [0.25, 0.3) is 17.6 Å². The van der Waals surface area contributed by atoms with Gasteiger partial charge >= 0.3 is 12.1 Å². The molecule has 2 amide bonds. The number of ether oxygens (including phenoxy) is 3. The van der Waals surface area contributed by atoms with E-state index in [9.17, 15) is 27.6 Å². The number of hydrogen-bond acceptors (Lipinski definition) is 6. The zero-order valence-electron chi connectivity index (χ0n) is 17.9. The molecule has 2 aromatic rings. The predicted molar refractivity (Wildman–Crippen MR) is 112 cm³/mol. The van der Waals surface area contributed by atoms with Gasteiger partial charge in [-0.05, 0) is 49.2 Å². The number of esters is 1. The van der Waals surface area contributed by atoms with E-state index >= 15 is 0 Å². The zero-order chi connectivity index (χ0) is 24.3. The van der Waals surface area contributed by atoms with Crippen LogP contribution in [0.3, 0.4) is 0 Å². The summed E-state index contributed by atoms with van der Waals surface area (Å²) in [7, 11) is 0. The molecule has 0 atom stereocenters. The molecular weight excluding hydrogens is 457 g/mol. The number of hydrogen-bond donors (Lipinski definition) is 2. The number of rotatable bonds is 6. The summed E-state index contributed by atoms with van der Waals surface area (Å²) in [6.07, 6.45) is -0.872. The van der Waals surface area contributed by atoms with Crippen molar-refractivity contribution in [1.82, 2.24) is 5.32 Å². The number of carbonyl (C=O) groups excluding carboxylic acids is 3. The Kier molecular flexibility index (Phi) is 6.36. The Morgan fingerprint density at radius 2 is 1.65 bits per heavy atom. The monoisotopic (exact) mass is 478 g/mol. The van der Waals surface area contributed by atoms with Gasteiger partial charge in [0.05, 0.1) is 5.56 Å². The van der Waals surface area contributed by atoms with Gasteiger partial charge in [0.15, 0.2) is 18.1 Å². The van der Waals surface area contributed by atoms with Crippen LogP contribution in [0.25, 0.3) is 0 Å². The van der Waals surface area contributed by atoms with Gasteiger partial charge in [0.2, 0.25) is 0 Å². The Morgan fingerprint density at radius 1 is 0.971 bits per heavy atom. The van der Waals surface area contributed by atoms with Gasteiger partial charge in [0, 0.05) is 30.2 Å². The molecule has 34 heavy (non-hydrogen) atoms. The van der Waals surface area contributed by atoms with Crippen LogP contribution in [0.15, 0.2) is 42.5 Å². The quantitative estimate of drug-likeness (QED) is 0.615. The first-order valence-electron chi connectivity index (χ1n) is 10.6. The largest absolute Gasteiger partial charge is 0.454 e. The molecule has 2 aliphatic rings. The molecular formula is C23H21F3N2O6. The average molecular weight is 478 g/mol. The van der Waals surface area contributed by atoms with Gasteiger partial charge in [0.1, 0.15) is 6.54 Å². The van der Waals surface area contributed by atoms with Gasteiger partial charge in [-0.2, -0.15) is 13.2 Å². The minimum Gasteiger partial charge on any atom is -0.454 e. The highest BCUT2D eigenvalue weighted by atomic mass is 19.4. The number of benzene rings is 2. The Bertz CT molecular complexity index is 1090. The molecule has 1 heterocycles. The zero-order valence-corrected chi connectivity index (χ0v) is 17.9. The number of alkyl halides is 3. The smallest absolute Gasteiger partial charge is 0.416 e. The molecule has 1 spiro atoms. The highest BCUT2D eigenvalue weighted by molar-refractivity contribution is 5.96. The fourth-order valence-electron chi connectivity index (χ4n) is 3.75. The molecule has 2 N–H and O–H groups in total. The predicted octanol–water partition coefficient (Wildman–Crippen LogP) is 3.66. The molecule has 0 radical (unpaired) electrons. The lowest BCUT2D eigenvalue weighted by Gasteiger charge is -2.21. The summed E-state index contributed by atoms with van der Waals surface area (Å²) in [6, 6.07) is 8.49. The van der Waals surface area contributed by atoms with E-state index in [0.717, 1.165) is 49.9 Å². The van der Waals surface area contributed by atoms with E-state index < -0.39 is 48.5 Å². The minimum atomic E-state index is -4.52. The van der Waals surface area contributed by atoms with Crippen LogP contribution in [0, 0.1) is 0 Å². The Labute approximate surface area is 192 Å². The van der Waals surface area contributed by atoms with Gasteiger partial charge in [-0.15, -0.1) is 0 Å². The summed E-state index contributed by atoms with van der Waals surface area (Å²) in [5.74, 6) is -1.72. The molecule has 8 nitrogen and oxygen atoms in total. The van der Waals surface area contributed by atoms with Crippen LogP contribution in [0.4, 0.5) is 18.9 Å². The lowest BCUT2D eigenvalue weighted by atomic mass is 10.1. The third-order valence-electron chi connectivity index (χ3n) is 5.42. The summed E-state index contributed by atoms with van der Waals surface area (Å²) in [5, 5.41) is 4.81. The molecule has 11 heteroatoms. The maximum atomic E-state index is 12.6. The molecule has 1 fully saturated rings. The Balaban J connectivity index is 1.20. The van der Waals surface area contributed by atoms with E-state index in [1.54, 1.807) is 18.2 Å². The van der Waals surface area contributed by atoms with E-state index in [1.807, 2.05) is 0 Å². The standard InChI is InChI=1S/C23H21F3N2O6/c24-23(25,26)15-5-3-14(4-6-15)21(31)27-12-20(30)32-13-19(29)28-16-7-8-17-18(11-16)34-22(33-17)9-1-2-10-22/h3-8,11H,1-2,9-10,12-13H2,(H,27,31)(H,28,29). The van der Waals surface area contributed by atoms with Crippen molar-refractivity contribution >= 4 is 23.5 Å². The number of fused-ring (bicyclic) bond motifs is 1. The van der Waals surface area contributed by atoms with E-state index in [1.165, 1.54) is 0 Å². The van der Waals surface area contributed by atoms with Crippen molar-refractivity contribution < 1.29 is 41.8 Å². The molecule has 0 unspecified atom stereocenters. The van der Waals surface area contributed by atoms with Crippen molar-refractivity contribution in [3.63, 3.8) is 0 Å². The fraction of sp³-hybridized carbons (Fsp3) is 0.348. The van der Waals surface area contributed by atoms with Crippen LogP contribution in [0.1, 0.15) is 41.6 Å². The molecule has 4 rings (SSSR count). The third kappa shape index (κ3) is 5.41. The van der Waals surface area contributed by atoms with Gasteiger partial charge in [-0.1, -0.05) is 0 Å². The van der Waals surface area contributed by atoms with E-state index in [4.69, 9.17) is 14.2 Å². The summed E-state index contributed by atoms with van der Waals surface area (Å²) in [4.78, 5) is 35.9. The third-order valence-corrected chi connectivity index (χ3v) is 5.42. The second kappa shape index (κ2) is 9.24. The molecule has 0 bridgehead atoms. The first kappa shape index (κ1) is 23.4. The maximum Gasteiger partial charge on any atom is 0.416 e. The van der Waals surface area contributed by atoms with E-state index in [2.05, 4.69) is 10.6 Å². The van der Waals surface area contributed by atoms with E-state index in [-0.39, 0.29) is 5.56 Å². The summed E-state index contributed by atoms with van der Waals surface area (Å²) < 4.78 is 54.4. The van der Waals surface area contributed by atoms with E-state index in [0.29, 0.717) is 17.2 Å². The maximum absolute atomic E-state index is 12.6.